The molecule has 1 N–H and O–H groups in total. The molecule has 1 aliphatic carbocycles. The number of rotatable bonds is 6. The van der Waals surface area contributed by atoms with Gasteiger partial charge >= 0.3 is 5.97 Å². The fraction of sp³-hybridized carbons (Fsp3) is 0.391. The van der Waals surface area contributed by atoms with Crippen molar-refractivity contribution in [3.63, 3.8) is 0 Å². The number of ether oxygens (including phenoxy) is 1. The maximum atomic E-state index is 12.5. The predicted octanol–water partition coefficient (Wildman–Crippen LogP) is 4.13. The van der Waals surface area contributed by atoms with Gasteiger partial charge in [-0.3, -0.25) is 4.79 Å². The normalized spacial score (nSPS) is 19.3. The summed E-state index contributed by atoms with van der Waals surface area (Å²) in [6, 6.07) is 17.6. The van der Waals surface area contributed by atoms with Gasteiger partial charge in [0.15, 0.2) is 6.61 Å². The van der Waals surface area contributed by atoms with Crippen LogP contribution in [0.1, 0.15) is 54.1 Å². The first kappa shape index (κ1) is 19.2. The molecule has 1 fully saturated rings. The minimum absolute atomic E-state index is 0.190. The smallest absolute Gasteiger partial charge is 0.338 e. The quantitative estimate of drug-likeness (QED) is 0.783. The summed E-state index contributed by atoms with van der Waals surface area (Å²) >= 11 is 0. The van der Waals surface area contributed by atoms with Crippen LogP contribution in [-0.2, 0) is 16.0 Å². The van der Waals surface area contributed by atoms with Crippen molar-refractivity contribution in [1.82, 2.24) is 5.32 Å². The van der Waals surface area contributed by atoms with E-state index >= 15 is 0 Å². The molecule has 2 atom stereocenters. The van der Waals surface area contributed by atoms with Crippen LogP contribution in [0, 0.1) is 5.92 Å². The molecule has 142 valence electrons. The molecule has 1 amide bonds. The lowest BCUT2D eigenvalue weighted by molar-refractivity contribution is -0.125. The van der Waals surface area contributed by atoms with E-state index in [1.165, 1.54) is 6.42 Å². The number of benzene rings is 2. The van der Waals surface area contributed by atoms with Crippen molar-refractivity contribution >= 4 is 11.9 Å². The third-order valence-electron chi connectivity index (χ3n) is 5.27. The van der Waals surface area contributed by atoms with E-state index in [0.29, 0.717) is 17.9 Å². The van der Waals surface area contributed by atoms with E-state index in [9.17, 15) is 9.59 Å². The summed E-state index contributed by atoms with van der Waals surface area (Å²) in [6.07, 6.45) is 5.15. The van der Waals surface area contributed by atoms with Gasteiger partial charge in [-0.1, -0.05) is 68.3 Å². The molecule has 0 aromatic heterocycles. The summed E-state index contributed by atoms with van der Waals surface area (Å²) in [4.78, 5) is 24.7. The van der Waals surface area contributed by atoms with Crippen molar-refractivity contribution in [3.8, 4) is 0 Å². The van der Waals surface area contributed by atoms with E-state index < -0.39 is 5.97 Å². The van der Waals surface area contributed by atoms with Gasteiger partial charge in [0.25, 0.3) is 5.91 Å². The first-order valence-corrected chi connectivity index (χ1v) is 9.72. The Morgan fingerprint density at radius 1 is 1.00 bits per heavy atom. The highest BCUT2D eigenvalue weighted by Crippen LogP contribution is 2.23. The molecule has 0 saturated heterocycles. The molecular weight excluding hydrogens is 338 g/mol. The van der Waals surface area contributed by atoms with Gasteiger partial charge in [-0.05, 0) is 42.4 Å². The second-order valence-electron chi connectivity index (χ2n) is 7.33. The third kappa shape index (κ3) is 5.43. The molecule has 0 bridgehead atoms. The lowest BCUT2D eigenvalue weighted by Gasteiger charge is -2.29. The largest absolute Gasteiger partial charge is 0.452 e. The monoisotopic (exact) mass is 365 g/mol. The van der Waals surface area contributed by atoms with Crippen LogP contribution >= 0.6 is 0 Å². The SMILES string of the molecule is C[C@@H]1CCCC[C@@H]1NC(=O)COC(=O)c1ccccc1Cc1ccccc1. The molecule has 0 aliphatic heterocycles. The maximum Gasteiger partial charge on any atom is 0.338 e. The summed E-state index contributed by atoms with van der Waals surface area (Å²) in [6.45, 7) is 1.93. The van der Waals surface area contributed by atoms with Crippen LogP contribution in [0.5, 0.6) is 0 Å². The second-order valence-corrected chi connectivity index (χ2v) is 7.33. The molecule has 1 aliphatic rings. The van der Waals surface area contributed by atoms with Crippen LogP contribution < -0.4 is 5.32 Å². The number of carbonyl (C=O) groups excluding carboxylic acids is 2. The van der Waals surface area contributed by atoms with Crippen LogP contribution in [0.4, 0.5) is 0 Å². The lowest BCUT2D eigenvalue weighted by atomic mass is 9.86. The van der Waals surface area contributed by atoms with E-state index in [4.69, 9.17) is 4.74 Å². The first-order valence-electron chi connectivity index (χ1n) is 9.72. The molecule has 27 heavy (non-hydrogen) atoms. The molecule has 4 heteroatoms. The average molecular weight is 365 g/mol. The van der Waals surface area contributed by atoms with E-state index in [-0.39, 0.29) is 18.6 Å². The molecule has 2 aromatic carbocycles. The fourth-order valence-corrected chi connectivity index (χ4v) is 3.68. The average Bonchev–Trinajstić information content (AvgIpc) is 2.69. The summed E-state index contributed by atoms with van der Waals surface area (Å²) < 4.78 is 5.29. The highest BCUT2D eigenvalue weighted by molar-refractivity contribution is 5.92. The minimum atomic E-state index is -0.451. The number of esters is 1. The minimum Gasteiger partial charge on any atom is -0.452 e. The molecule has 0 unspecified atom stereocenters. The first-order chi connectivity index (χ1) is 13.1. The molecule has 2 aromatic rings. The second kappa shape index (κ2) is 9.36. The molecule has 4 nitrogen and oxygen atoms in total. The molecule has 0 heterocycles. The van der Waals surface area contributed by atoms with Crippen molar-refractivity contribution < 1.29 is 14.3 Å². The number of nitrogens with one attached hydrogen (secondary N) is 1. The van der Waals surface area contributed by atoms with Crippen LogP contribution in [0.2, 0.25) is 0 Å². The number of amides is 1. The Balaban J connectivity index is 1.57. The molecule has 3 rings (SSSR count). The Morgan fingerprint density at radius 2 is 1.70 bits per heavy atom. The van der Waals surface area contributed by atoms with Gasteiger partial charge in [0.1, 0.15) is 0 Å². The Bertz CT molecular complexity index is 772. The fourth-order valence-electron chi connectivity index (χ4n) is 3.68. The highest BCUT2D eigenvalue weighted by atomic mass is 16.5. The van der Waals surface area contributed by atoms with Crippen LogP contribution in [-0.4, -0.2) is 24.5 Å². The van der Waals surface area contributed by atoms with Crippen LogP contribution in [0.25, 0.3) is 0 Å². The van der Waals surface area contributed by atoms with E-state index in [1.807, 2.05) is 48.5 Å². The van der Waals surface area contributed by atoms with Gasteiger partial charge < -0.3 is 10.1 Å². The number of carbonyl (C=O) groups is 2. The van der Waals surface area contributed by atoms with Gasteiger partial charge in [0.05, 0.1) is 5.56 Å². The summed E-state index contributed by atoms with van der Waals surface area (Å²) in [5.41, 5.74) is 2.54. The maximum absolute atomic E-state index is 12.5. The Hall–Kier alpha value is -2.62. The van der Waals surface area contributed by atoms with Crippen molar-refractivity contribution in [2.24, 2.45) is 5.92 Å². The van der Waals surface area contributed by atoms with Crippen molar-refractivity contribution in [1.29, 1.82) is 0 Å². The zero-order valence-corrected chi connectivity index (χ0v) is 15.8. The van der Waals surface area contributed by atoms with Gasteiger partial charge in [-0.15, -0.1) is 0 Å². The Labute approximate surface area is 160 Å². The van der Waals surface area contributed by atoms with Crippen molar-refractivity contribution in [2.45, 2.75) is 45.1 Å². The summed E-state index contributed by atoms with van der Waals surface area (Å²) in [7, 11) is 0. The van der Waals surface area contributed by atoms with Crippen molar-refractivity contribution in [3.05, 3.63) is 71.3 Å². The lowest BCUT2D eigenvalue weighted by Crippen LogP contribution is -2.42. The zero-order valence-electron chi connectivity index (χ0n) is 15.8. The summed E-state index contributed by atoms with van der Waals surface area (Å²) in [5, 5.41) is 3.01. The molecule has 0 spiro atoms. The number of hydrogen-bond acceptors (Lipinski definition) is 3. The zero-order chi connectivity index (χ0) is 19.1. The van der Waals surface area contributed by atoms with Gasteiger partial charge in [-0.2, -0.15) is 0 Å². The summed E-state index contributed by atoms with van der Waals surface area (Å²) in [5.74, 6) is -0.194. The van der Waals surface area contributed by atoms with E-state index in [2.05, 4.69) is 12.2 Å². The third-order valence-corrected chi connectivity index (χ3v) is 5.27. The number of hydrogen-bond donors (Lipinski definition) is 1. The Kier molecular flexibility index (Phi) is 6.64. The molecule has 1 saturated carbocycles. The van der Waals surface area contributed by atoms with Crippen molar-refractivity contribution in [2.75, 3.05) is 6.61 Å². The van der Waals surface area contributed by atoms with E-state index in [1.54, 1.807) is 6.07 Å². The standard InChI is InChI=1S/C23H27NO3/c1-17-9-5-8-14-21(17)24-22(25)16-27-23(26)20-13-7-6-12-19(20)15-18-10-3-2-4-11-18/h2-4,6-7,10-13,17,21H,5,8-9,14-16H2,1H3,(H,24,25)/t17-,21+/m1/s1. The van der Waals surface area contributed by atoms with Crippen LogP contribution in [0.3, 0.4) is 0 Å². The van der Waals surface area contributed by atoms with Gasteiger partial charge in [0, 0.05) is 6.04 Å². The van der Waals surface area contributed by atoms with Gasteiger partial charge in [0.2, 0.25) is 0 Å². The molecular formula is C23H27NO3. The topological polar surface area (TPSA) is 55.4 Å². The van der Waals surface area contributed by atoms with E-state index in [0.717, 1.165) is 30.4 Å². The van der Waals surface area contributed by atoms with Gasteiger partial charge in [-0.25, -0.2) is 4.79 Å². The molecule has 0 radical (unpaired) electrons. The highest BCUT2D eigenvalue weighted by Gasteiger charge is 2.23. The predicted molar refractivity (Wildman–Crippen MR) is 106 cm³/mol. The Morgan fingerprint density at radius 3 is 2.48 bits per heavy atom. The van der Waals surface area contributed by atoms with Crippen LogP contribution in [0.15, 0.2) is 54.6 Å².